The van der Waals surface area contributed by atoms with Gasteiger partial charge in [0.2, 0.25) is 0 Å². The van der Waals surface area contributed by atoms with Gasteiger partial charge in [-0.25, -0.2) is 0 Å². The maximum atomic E-state index is 11.7. The van der Waals surface area contributed by atoms with E-state index in [0.29, 0.717) is 6.42 Å². The van der Waals surface area contributed by atoms with Crippen LogP contribution < -0.4 is 0 Å². The summed E-state index contributed by atoms with van der Waals surface area (Å²) in [6.45, 7) is 0. The lowest BCUT2D eigenvalue weighted by Gasteiger charge is -2.09. The third-order valence-corrected chi connectivity index (χ3v) is 3.30. The molecule has 0 aliphatic heterocycles. The number of rotatable bonds is 0. The van der Waals surface area contributed by atoms with Gasteiger partial charge in [0.15, 0.2) is 5.78 Å². The van der Waals surface area contributed by atoms with E-state index in [1.807, 2.05) is 18.2 Å². The molecule has 1 aliphatic carbocycles. The van der Waals surface area contributed by atoms with Crippen LogP contribution in [0.25, 0.3) is 10.9 Å². The molecular weight excluding hydrogens is 210 g/mol. The highest BCUT2D eigenvalue weighted by molar-refractivity contribution is 6.36. The SMILES string of the molecule is O=C1CCCc2c1[nH]c1cccc(Cl)c21. The van der Waals surface area contributed by atoms with Gasteiger partial charge in [0.05, 0.1) is 10.7 Å². The first-order valence-corrected chi connectivity index (χ1v) is 5.47. The summed E-state index contributed by atoms with van der Waals surface area (Å²) in [5.41, 5.74) is 2.85. The minimum Gasteiger partial charge on any atom is -0.352 e. The number of ketones is 1. The first-order valence-electron chi connectivity index (χ1n) is 5.09. The van der Waals surface area contributed by atoms with Crippen molar-refractivity contribution in [3.8, 4) is 0 Å². The van der Waals surface area contributed by atoms with Gasteiger partial charge in [-0.15, -0.1) is 0 Å². The Balaban J connectivity index is 2.41. The molecule has 0 bridgehead atoms. The minimum atomic E-state index is 0.212. The number of aromatic amines is 1. The smallest absolute Gasteiger partial charge is 0.179 e. The van der Waals surface area contributed by atoms with E-state index in [4.69, 9.17) is 11.6 Å². The summed E-state index contributed by atoms with van der Waals surface area (Å²) in [6.07, 6.45) is 2.53. The van der Waals surface area contributed by atoms with Crippen LogP contribution in [0.3, 0.4) is 0 Å². The van der Waals surface area contributed by atoms with Gasteiger partial charge < -0.3 is 4.98 Å². The van der Waals surface area contributed by atoms with Crippen LogP contribution in [-0.4, -0.2) is 10.8 Å². The second kappa shape index (κ2) is 3.11. The van der Waals surface area contributed by atoms with E-state index in [0.717, 1.165) is 40.0 Å². The molecule has 1 N–H and O–H groups in total. The van der Waals surface area contributed by atoms with Crippen molar-refractivity contribution >= 4 is 28.3 Å². The molecule has 3 heteroatoms. The molecule has 3 rings (SSSR count). The number of benzene rings is 1. The summed E-state index contributed by atoms with van der Waals surface area (Å²) < 4.78 is 0. The molecule has 76 valence electrons. The van der Waals surface area contributed by atoms with Crippen molar-refractivity contribution in [3.05, 3.63) is 34.5 Å². The summed E-state index contributed by atoms with van der Waals surface area (Å²) in [5.74, 6) is 0.212. The predicted octanol–water partition coefficient (Wildman–Crippen LogP) is 3.34. The summed E-state index contributed by atoms with van der Waals surface area (Å²) in [7, 11) is 0. The zero-order valence-corrected chi connectivity index (χ0v) is 8.90. The maximum Gasteiger partial charge on any atom is 0.179 e. The molecule has 0 saturated carbocycles. The maximum absolute atomic E-state index is 11.7. The second-order valence-corrected chi connectivity index (χ2v) is 4.32. The number of carbonyl (C=O) groups excluding carboxylic acids is 1. The third kappa shape index (κ3) is 1.21. The van der Waals surface area contributed by atoms with Crippen LogP contribution >= 0.6 is 11.6 Å². The third-order valence-electron chi connectivity index (χ3n) is 2.99. The van der Waals surface area contributed by atoms with Crippen molar-refractivity contribution in [1.82, 2.24) is 4.98 Å². The van der Waals surface area contributed by atoms with Crippen LogP contribution in [0, 0.1) is 0 Å². The van der Waals surface area contributed by atoms with Crippen LogP contribution in [0.2, 0.25) is 5.02 Å². The van der Waals surface area contributed by atoms with Gasteiger partial charge >= 0.3 is 0 Å². The molecule has 0 atom stereocenters. The molecule has 0 fully saturated rings. The van der Waals surface area contributed by atoms with Gasteiger partial charge in [-0.2, -0.15) is 0 Å². The van der Waals surface area contributed by atoms with E-state index in [2.05, 4.69) is 4.98 Å². The second-order valence-electron chi connectivity index (χ2n) is 3.92. The van der Waals surface area contributed by atoms with Crippen molar-refractivity contribution in [3.63, 3.8) is 0 Å². The average Bonchev–Trinajstić information content (AvgIpc) is 2.59. The summed E-state index contributed by atoms with van der Waals surface area (Å²) in [5, 5.41) is 1.77. The first-order chi connectivity index (χ1) is 7.27. The summed E-state index contributed by atoms with van der Waals surface area (Å²) in [4.78, 5) is 14.9. The first kappa shape index (κ1) is 8.98. The molecule has 0 amide bonds. The molecular formula is C12H10ClNO. The van der Waals surface area contributed by atoms with E-state index >= 15 is 0 Å². The van der Waals surface area contributed by atoms with Crippen LogP contribution in [-0.2, 0) is 6.42 Å². The Morgan fingerprint density at radius 3 is 3.00 bits per heavy atom. The number of aryl methyl sites for hydroxylation is 1. The molecule has 0 radical (unpaired) electrons. The van der Waals surface area contributed by atoms with E-state index in [9.17, 15) is 4.79 Å². The van der Waals surface area contributed by atoms with Crippen molar-refractivity contribution in [2.45, 2.75) is 19.3 Å². The van der Waals surface area contributed by atoms with Gasteiger partial charge in [0.25, 0.3) is 0 Å². The molecule has 0 spiro atoms. The molecule has 0 saturated heterocycles. The highest BCUT2D eigenvalue weighted by atomic mass is 35.5. The number of H-pyrrole nitrogens is 1. The molecule has 1 aliphatic rings. The Bertz CT molecular complexity index is 556. The fraction of sp³-hybridized carbons (Fsp3) is 0.250. The molecule has 1 aromatic carbocycles. The molecule has 0 unspecified atom stereocenters. The van der Waals surface area contributed by atoms with E-state index < -0.39 is 0 Å². The largest absolute Gasteiger partial charge is 0.352 e. The van der Waals surface area contributed by atoms with Crippen molar-refractivity contribution in [1.29, 1.82) is 0 Å². The molecule has 15 heavy (non-hydrogen) atoms. The van der Waals surface area contributed by atoms with Gasteiger partial charge in [-0.05, 0) is 30.5 Å². The predicted molar refractivity (Wildman–Crippen MR) is 60.6 cm³/mol. The average molecular weight is 220 g/mol. The number of hydrogen-bond donors (Lipinski definition) is 1. The highest BCUT2D eigenvalue weighted by Crippen LogP contribution is 2.33. The Hall–Kier alpha value is -1.28. The number of fused-ring (bicyclic) bond motifs is 3. The van der Waals surface area contributed by atoms with Crippen LogP contribution in [0.5, 0.6) is 0 Å². The van der Waals surface area contributed by atoms with Crippen molar-refractivity contribution in [2.75, 3.05) is 0 Å². The molecule has 2 nitrogen and oxygen atoms in total. The highest BCUT2D eigenvalue weighted by Gasteiger charge is 2.22. The Morgan fingerprint density at radius 2 is 2.13 bits per heavy atom. The number of nitrogens with one attached hydrogen (secondary N) is 1. The molecule has 1 aromatic heterocycles. The van der Waals surface area contributed by atoms with E-state index in [-0.39, 0.29) is 5.78 Å². The number of halogens is 1. The normalized spacial score (nSPS) is 15.7. The topological polar surface area (TPSA) is 32.9 Å². The van der Waals surface area contributed by atoms with Crippen molar-refractivity contribution < 1.29 is 4.79 Å². The zero-order chi connectivity index (χ0) is 10.4. The van der Waals surface area contributed by atoms with Crippen molar-refractivity contribution in [2.24, 2.45) is 0 Å². The van der Waals surface area contributed by atoms with E-state index in [1.54, 1.807) is 0 Å². The lowest BCUT2D eigenvalue weighted by Crippen LogP contribution is -2.09. The quantitative estimate of drug-likeness (QED) is 0.724. The van der Waals surface area contributed by atoms with Crippen LogP contribution in [0.15, 0.2) is 18.2 Å². The Morgan fingerprint density at radius 1 is 1.27 bits per heavy atom. The van der Waals surface area contributed by atoms with Gasteiger partial charge in [-0.3, -0.25) is 4.79 Å². The van der Waals surface area contributed by atoms with Crippen LogP contribution in [0.1, 0.15) is 28.9 Å². The number of hydrogen-bond acceptors (Lipinski definition) is 1. The van der Waals surface area contributed by atoms with Crippen LogP contribution in [0.4, 0.5) is 0 Å². The van der Waals surface area contributed by atoms with E-state index in [1.165, 1.54) is 0 Å². The van der Waals surface area contributed by atoms with Gasteiger partial charge in [0.1, 0.15) is 0 Å². The minimum absolute atomic E-state index is 0.212. The molecule has 2 aromatic rings. The lowest BCUT2D eigenvalue weighted by atomic mass is 9.95. The fourth-order valence-electron chi connectivity index (χ4n) is 2.31. The lowest BCUT2D eigenvalue weighted by molar-refractivity contribution is 0.0968. The Kier molecular flexibility index (Phi) is 1.86. The Labute approximate surface area is 92.2 Å². The summed E-state index contributed by atoms with van der Waals surface area (Å²) in [6, 6.07) is 5.74. The zero-order valence-electron chi connectivity index (χ0n) is 8.14. The van der Waals surface area contributed by atoms with Gasteiger partial charge in [-0.1, -0.05) is 17.7 Å². The fourth-order valence-corrected chi connectivity index (χ4v) is 2.60. The standard InChI is InChI=1S/C12H10ClNO/c13-8-4-2-5-9-11(8)7-3-1-6-10(15)12(7)14-9/h2,4-5,14H,1,3,6H2. The van der Waals surface area contributed by atoms with Gasteiger partial charge in [0, 0.05) is 17.3 Å². The molecule has 1 heterocycles. The monoisotopic (exact) mass is 219 g/mol. The number of carbonyl (C=O) groups is 1. The summed E-state index contributed by atoms with van der Waals surface area (Å²) >= 11 is 6.15. The number of Topliss-reactive ketones (excluding diaryl/α,β-unsaturated/α-hetero) is 1. The number of aromatic nitrogens is 1.